The van der Waals surface area contributed by atoms with Gasteiger partial charge in [0.1, 0.15) is 19.3 Å². The number of nitrogens with one attached hydrogen (secondary N) is 1. The number of ether oxygens (including phenoxy) is 3. The number of hydrogen-bond donors (Lipinski definition) is 1. The van der Waals surface area contributed by atoms with Crippen molar-refractivity contribution in [2.75, 3.05) is 19.8 Å². The molecule has 0 bridgehead atoms. The van der Waals surface area contributed by atoms with E-state index < -0.39 is 10.0 Å². The molecule has 0 radical (unpaired) electrons. The lowest BCUT2D eigenvalue weighted by Gasteiger charge is -2.21. The second kappa shape index (κ2) is 6.90. The Morgan fingerprint density at radius 3 is 2.81 bits per heavy atom. The molecular formula is C17H21N3O5S. The van der Waals surface area contributed by atoms with Crippen molar-refractivity contribution in [3.63, 3.8) is 0 Å². The molecule has 4 rings (SSSR count). The summed E-state index contributed by atoms with van der Waals surface area (Å²) in [4.78, 5) is 0.150. The Balaban J connectivity index is 1.55. The summed E-state index contributed by atoms with van der Waals surface area (Å²) in [7, 11) is -3.71. The van der Waals surface area contributed by atoms with Gasteiger partial charge < -0.3 is 14.2 Å². The lowest BCUT2D eigenvalue weighted by atomic mass is 10.1. The Hall–Kier alpha value is -2.10. The van der Waals surface area contributed by atoms with Crippen molar-refractivity contribution in [1.82, 2.24) is 14.5 Å². The molecule has 8 nitrogen and oxygen atoms in total. The van der Waals surface area contributed by atoms with Gasteiger partial charge in [0.25, 0.3) is 0 Å². The van der Waals surface area contributed by atoms with Gasteiger partial charge in [-0.05, 0) is 25.5 Å². The minimum atomic E-state index is -3.71. The van der Waals surface area contributed by atoms with Crippen molar-refractivity contribution in [2.24, 2.45) is 0 Å². The van der Waals surface area contributed by atoms with Crippen LogP contribution in [0.2, 0.25) is 0 Å². The van der Waals surface area contributed by atoms with Crippen molar-refractivity contribution >= 4 is 10.0 Å². The molecule has 2 aromatic rings. The fraction of sp³-hybridized carbons (Fsp3) is 0.471. The van der Waals surface area contributed by atoms with Crippen LogP contribution < -0.4 is 14.2 Å². The number of benzene rings is 1. The summed E-state index contributed by atoms with van der Waals surface area (Å²) >= 11 is 0. The molecule has 9 heteroatoms. The number of fused-ring (bicyclic) bond motifs is 1. The van der Waals surface area contributed by atoms with Gasteiger partial charge >= 0.3 is 0 Å². The van der Waals surface area contributed by atoms with E-state index in [0.29, 0.717) is 37.7 Å². The Bertz CT molecular complexity index is 896. The quantitative estimate of drug-likeness (QED) is 0.846. The van der Waals surface area contributed by atoms with Gasteiger partial charge in [-0.15, -0.1) is 0 Å². The third kappa shape index (κ3) is 3.29. The molecule has 1 saturated heterocycles. The van der Waals surface area contributed by atoms with Crippen LogP contribution in [0.1, 0.15) is 25.0 Å². The summed E-state index contributed by atoms with van der Waals surface area (Å²) in [5.74, 6) is 1.01. The van der Waals surface area contributed by atoms with Crippen LogP contribution in [0.5, 0.6) is 11.5 Å². The van der Waals surface area contributed by atoms with Gasteiger partial charge in [-0.2, -0.15) is 5.10 Å². The average Bonchev–Trinajstić information content (AvgIpc) is 3.29. The molecule has 0 spiro atoms. The molecule has 26 heavy (non-hydrogen) atoms. The second-order valence-electron chi connectivity index (χ2n) is 6.24. The molecule has 0 saturated carbocycles. The highest BCUT2D eigenvalue weighted by molar-refractivity contribution is 7.89. The summed E-state index contributed by atoms with van der Waals surface area (Å²) in [6, 6.07) is 4.30. The molecule has 0 unspecified atom stereocenters. The normalized spacial score (nSPS) is 22.5. The molecule has 1 aromatic carbocycles. The number of aryl methyl sites for hydroxylation is 1. The Labute approximate surface area is 152 Å². The molecule has 140 valence electrons. The predicted octanol–water partition coefficient (Wildman–Crippen LogP) is 1.48. The third-order valence-electron chi connectivity index (χ3n) is 4.53. The SMILES string of the molecule is CCn1cc([C@H]2OCC[C@@H]2NS(=O)(=O)c2ccc3c(c2)OCCO3)cn1. The van der Waals surface area contributed by atoms with Gasteiger partial charge in [0, 0.05) is 31.0 Å². The summed E-state index contributed by atoms with van der Waals surface area (Å²) in [6.45, 7) is 4.11. The van der Waals surface area contributed by atoms with Crippen LogP contribution in [0, 0.1) is 0 Å². The van der Waals surface area contributed by atoms with E-state index in [0.717, 1.165) is 12.1 Å². The van der Waals surface area contributed by atoms with E-state index in [1.807, 2.05) is 13.1 Å². The van der Waals surface area contributed by atoms with Crippen molar-refractivity contribution in [3.8, 4) is 11.5 Å². The minimum Gasteiger partial charge on any atom is -0.486 e. The molecule has 1 aromatic heterocycles. The highest BCUT2D eigenvalue weighted by Crippen LogP contribution is 2.34. The van der Waals surface area contributed by atoms with Gasteiger partial charge in [0.2, 0.25) is 10.0 Å². The van der Waals surface area contributed by atoms with Crippen molar-refractivity contribution < 1.29 is 22.6 Å². The number of hydrogen-bond acceptors (Lipinski definition) is 6. The first kappa shape index (κ1) is 17.3. The fourth-order valence-corrected chi connectivity index (χ4v) is 4.48. The molecule has 0 aliphatic carbocycles. The van der Waals surface area contributed by atoms with Gasteiger partial charge in [0.15, 0.2) is 11.5 Å². The van der Waals surface area contributed by atoms with E-state index in [2.05, 4.69) is 9.82 Å². The van der Waals surface area contributed by atoms with Gasteiger partial charge in [0.05, 0.1) is 17.1 Å². The number of nitrogens with zero attached hydrogens (tertiary/aromatic N) is 2. The highest BCUT2D eigenvalue weighted by atomic mass is 32.2. The number of sulfonamides is 1. The zero-order valence-electron chi connectivity index (χ0n) is 14.4. The Kier molecular flexibility index (Phi) is 4.60. The fourth-order valence-electron chi connectivity index (χ4n) is 3.20. The molecule has 3 heterocycles. The summed E-state index contributed by atoms with van der Waals surface area (Å²) in [5.41, 5.74) is 0.874. The molecule has 2 aliphatic heterocycles. The monoisotopic (exact) mass is 379 g/mol. The van der Waals surface area contributed by atoms with Crippen molar-refractivity contribution in [2.45, 2.75) is 36.9 Å². The standard InChI is InChI=1S/C17H21N3O5S/c1-2-20-11-12(10-18-20)17-14(5-6-25-17)19-26(21,22)13-3-4-15-16(9-13)24-8-7-23-15/h3-4,9-11,14,17,19H,2,5-8H2,1H3/t14-,17+/m0/s1. The maximum absolute atomic E-state index is 12.8. The van der Waals surface area contributed by atoms with Gasteiger partial charge in [-0.25, -0.2) is 13.1 Å². The summed E-state index contributed by atoms with van der Waals surface area (Å²) in [5, 5.41) is 4.25. The van der Waals surface area contributed by atoms with Crippen molar-refractivity contribution in [3.05, 3.63) is 36.2 Å². The maximum Gasteiger partial charge on any atom is 0.241 e. The van der Waals surface area contributed by atoms with E-state index in [9.17, 15) is 8.42 Å². The van der Waals surface area contributed by atoms with Crippen LogP contribution in [0.25, 0.3) is 0 Å². The molecule has 0 amide bonds. The zero-order valence-corrected chi connectivity index (χ0v) is 15.2. The topological polar surface area (TPSA) is 91.7 Å². The van der Waals surface area contributed by atoms with E-state index in [1.165, 1.54) is 12.1 Å². The molecular weight excluding hydrogens is 358 g/mol. The van der Waals surface area contributed by atoms with Gasteiger partial charge in [-0.3, -0.25) is 4.68 Å². The van der Waals surface area contributed by atoms with Crippen LogP contribution in [0.3, 0.4) is 0 Å². The number of rotatable bonds is 5. The Morgan fingerprint density at radius 2 is 2.04 bits per heavy atom. The Morgan fingerprint density at radius 1 is 1.23 bits per heavy atom. The van der Waals surface area contributed by atoms with Crippen LogP contribution in [0.15, 0.2) is 35.5 Å². The van der Waals surface area contributed by atoms with Crippen LogP contribution >= 0.6 is 0 Å². The average molecular weight is 379 g/mol. The molecule has 1 N–H and O–H groups in total. The first-order valence-corrected chi connectivity index (χ1v) is 10.1. The smallest absolute Gasteiger partial charge is 0.241 e. The van der Waals surface area contributed by atoms with Crippen LogP contribution in [0.4, 0.5) is 0 Å². The third-order valence-corrected chi connectivity index (χ3v) is 6.02. The van der Waals surface area contributed by atoms with E-state index >= 15 is 0 Å². The van der Waals surface area contributed by atoms with E-state index in [-0.39, 0.29) is 17.0 Å². The first-order chi connectivity index (χ1) is 12.6. The highest BCUT2D eigenvalue weighted by Gasteiger charge is 2.34. The summed E-state index contributed by atoms with van der Waals surface area (Å²) in [6.07, 6.45) is 3.88. The predicted molar refractivity (Wildman–Crippen MR) is 92.8 cm³/mol. The summed E-state index contributed by atoms with van der Waals surface area (Å²) < 4.78 is 46.9. The lowest BCUT2D eigenvalue weighted by Crippen LogP contribution is -2.36. The van der Waals surface area contributed by atoms with Crippen molar-refractivity contribution in [1.29, 1.82) is 0 Å². The van der Waals surface area contributed by atoms with E-state index in [1.54, 1.807) is 16.9 Å². The van der Waals surface area contributed by atoms with Gasteiger partial charge in [-0.1, -0.05) is 0 Å². The molecule has 2 atom stereocenters. The van der Waals surface area contributed by atoms with Crippen LogP contribution in [-0.4, -0.2) is 44.1 Å². The maximum atomic E-state index is 12.8. The minimum absolute atomic E-state index is 0.150. The van der Waals surface area contributed by atoms with E-state index in [4.69, 9.17) is 14.2 Å². The van der Waals surface area contributed by atoms with Crippen LogP contribution in [-0.2, 0) is 21.3 Å². The number of aromatic nitrogens is 2. The first-order valence-electron chi connectivity index (χ1n) is 8.63. The molecule has 1 fully saturated rings. The lowest BCUT2D eigenvalue weighted by molar-refractivity contribution is 0.102. The zero-order chi connectivity index (χ0) is 18.1. The second-order valence-corrected chi connectivity index (χ2v) is 7.96. The molecule has 2 aliphatic rings. The largest absolute Gasteiger partial charge is 0.486 e.